The number of carbonyl (C=O) groups excluding carboxylic acids is 1. The number of nitrogen functional groups attached to an aromatic ring is 2. The first-order valence-electron chi connectivity index (χ1n) is 5.54. The van der Waals surface area contributed by atoms with Gasteiger partial charge < -0.3 is 11.5 Å². The quantitative estimate of drug-likeness (QED) is 0.800. The van der Waals surface area contributed by atoms with Crippen molar-refractivity contribution in [1.29, 1.82) is 5.26 Å². The number of ketones is 1. The Balaban J connectivity index is 2.21. The Bertz CT molecular complexity index is 709. The first-order valence-corrected chi connectivity index (χ1v) is 6.36. The fraction of sp³-hybridized carbons (Fsp3) is 0.250. The van der Waals surface area contributed by atoms with Gasteiger partial charge in [-0.05, 0) is 18.9 Å². The summed E-state index contributed by atoms with van der Waals surface area (Å²) in [7, 11) is 0. The Kier molecular flexibility index (Phi) is 2.25. The molecule has 90 valence electrons. The van der Waals surface area contributed by atoms with Crippen LogP contribution >= 0.6 is 11.3 Å². The summed E-state index contributed by atoms with van der Waals surface area (Å²) in [4.78, 5) is 17.3. The number of hydrogen-bond acceptors (Lipinski definition) is 6. The predicted octanol–water partition coefficient (Wildman–Crippen LogP) is 1.93. The number of carbonyl (C=O) groups is 1. The third kappa shape index (κ3) is 1.52. The van der Waals surface area contributed by atoms with Crippen molar-refractivity contribution < 1.29 is 4.79 Å². The monoisotopic (exact) mass is 258 g/mol. The van der Waals surface area contributed by atoms with Gasteiger partial charge in [-0.25, -0.2) is 4.98 Å². The van der Waals surface area contributed by atoms with Gasteiger partial charge in [0.2, 0.25) is 0 Å². The van der Waals surface area contributed by atoms with Crippen molar-refractivity contribution in [3.8, 4) is 6.07 Å². The van der Waals surface area contributed by atoms with Crippen LogP contribution in [0.15, 0.2) is 6.07 Å². The molecule has 4 N–H and O–H groups in total. The predicted molar refractivity (Wildman–Crippen MR) is 70.2 cm³/mol. The van der Waals surface area contributed by atoms with Crippen LogP contribution in [-0.4, -0.2) is 10.8 Å². The molecule has 1 fully saturated rings. The second-order valence-electron chi connectivity index (χ2n) is 4.37. The zero-order valence-electron chi connectivity index (χ0n) is 9.43. The van der Waals surface area contributed by atoms with E-state index in [1.165, 1.54) is 11.3 Å². The molecule has 2 heterocycles. The van der Waals surface area contributed by atoms with Gasteiger partial charge in [0, 0.05) is 11.3 Å². The van der Waals surface area contributed by atoms with Crippen molar-refractivity contribution in [2.75, 3.05) is 11.5 Å². The highest BCUT2D eigenvalue weighted by atomic mass is 32.1. The molecule has 0 saturated heterocycles. The van der Waals surface area contributed by atoms with E-state index in [2.05, 4.69) is 4.98 Å². The number of thiophene rings is 1. The maximum absolute atomic E-state index is 12.0. The molecule has 1 aliphatic carbocycles. The lowest BCUT2D eigenvalue weighted by atomic mass is 10.1. The van der Waals surface area contributed by atoms with E-state index in [1.54, 1.807) is 6.07 Å². The maximum atomic E-state index is 12.0. The molecule has 1 saturated carbocycles. The molecule has 0 atom stereocenters. The average Bonchev–Trinajstić information content (AvgIpc) is 3.14. The standard InChI is InChI=1S/C12H10N4OS/c13-4-6-3-7-8(14)10(9(17)5-1-2-5)18-12(7)16-11(6)15/h3,5H,1-2,14H2,(H2,15,16). The molecule has 0 unspecified atom stereocenters. The van der Waals surface area contributed by atoms with Crippen molar-refractivity contribution in [2.45, 2.75) is 12.8 Å². The first-order chi connectivity index (χ1) is 8.61. The van der Waals surface area contributed by atoms with Crippen molar-refractivity contribution >= 4 is 38.8 Å². The molecule has 0 aliphatic heterocycles. The average molecular weight is 258 g/mol. The number of pyridine rings is 1. The van der Waals surface area contributed by atoms with Gasteiger partial charge >= 0.3 is 0 Å². The normalized spacial score (nSPS) is 14.6. The summed E-state index contributed by atoms with van der Waals surface area (Å²) < 4.78 is 0. The second-order valence-corrected chi connectivity index (χ2v) is 5.37. The Labute approximate surface area is 107 Å². The van der Waals surface area contributed by atoms with Crippen molar-refractivity contribution in [1.82, 2.24) is 4.98 Å². The third-order valence-electron chi connectivity index (χ3n) is 3.04. The Hall–Kier alpha value is -2.13. The summed E-state index contributed by atoms with van der Waals surface area (Å²) in [5, 5.41) is 9.56. The zero-order chi connectivity index (χ0) is 12.9. The van der Waals surface area contributed by atoms with E-state index in [0.29, 0.717) is 20.8 Å². The fourth-order valence-corrected chi connectivity index (χ4v) is 2.96. The Morgan fingerprint density at radius 2 is 2.22 bits per heavy atom. The number of hydrogen-bond donors (Lipinski definition) is 2. The second kappa shape index (κ2) is 3.68. The van der Waals surface area contributed by atoms with Gasteiger partial charge in [0.15, 0.2) is 5.78 Å². The lowest BCUT2D eigenvalue weighted by molar-refractivity contribution is 0.0972. The van der Waals surface area contributed by atoms with Crippen LogP contribution in [-0.2, 0) is 0 Å². The highest BCUT2D eigenvalue weighted by Gasteiger charge is 2.33. The number of aromatic nitrogens is 1. The number of nitrogens with two attached hydrogens (primary N) is 2. The lowest BCUT2D eigenvalue weighted by Crippen LogP contribution is -2.01. The number of anilines is 2. The molecule has 0 spiro atoms. The van der Waals surface area contributed by atoms with Crippen LogP contribution in [0.5, 0.6) is 0 Å². The Morgan fingerprint density at radius 1 is 1.50 bits per heavy atom. The molecule has 2 aromatic heterocycles. The minimum absolute atomic E-state index is 0.0904. The van der Waals surface area contributed by atoms with Gasteiger partial charge in [-0.1, -0.05) is 0 Å². The number of fused-ring (bicyclic) bond motifs is 1. The highest BCUT2D eigenvalue weighted by Crippen LogP contribution is 2.40. The van der Waals surface area contributed by atoms with Crippen molar-refractivity contribution in [2.24, 2.45) is 5.92 Å². The first kappa shape index (κ1) is 11.0. The van der Waals surface area contributed by atoms with Crippen LogP contribution in [0.4, 0.5) is 11.5 Å². The molecule has 18 heavy (non-hydrogen) atoms. The number of nitrogens with zero attached hydrogens (tertiary/aromatic N) is 2. The van der Waals surface area contributed by atoms with Crippen LogP contribution < -0.4 is 11.5 Å². The minimum atomic E-state index is 0.0904. The molecule has 6 heteroatoms. The SMILES string of the molecule is N#Cc1cc2c(N)c(C(=O)C3CC3)sc2nc1N. The summed E-state index contributed by atoms with van der Waals surface area (Å²) >= 11 is 1.26. The molecule has 5 nitrogen and oxygen atoms in total. The summed E-state index contributed by atoms with van der Waals surface area (Å²) in [5.41, 5.74) is 12.3. The molecule has 0 aromatic carbocycles. The molecule has 0 radical (unpaired) electrons. The number of nitriles is 1. The molecule has 0 amide bonds. The van der Waals surface area contributed by atoms with Gasteiger partial charge in [0.25, 0.3) is 0 Å². The minimum Gasteiger partial charge on any atom is -0.397 e. The van der Waals surface area contributed by atoms with Crippen molar-refractivity contribution in [3.63, 3.8) is 0 Å². The van der Waals surface area contributed by atoms with Gasteiger partial charge in [-0.3, -0.25) is 4.79 Å². The van der Waals surface area contributed by atoms with E-state index in [4.69, 9.17) is 16.7 Å². The van der Waals surface area contributed by atoms with E-state index in [1.807, 2.05) is 6.07 Å². The molecular formula is C12H10N4OS. The van der Waals surface area contributed by atoms with Gasteiger partial charge in [-0.15, -0.1) is 11.3 Å². The number of Topliss-reactive ketones (excluding diaryl/α,β-unsaturated/α-hetero) is 1. The lowest BCUT2D eigenvalue weighted by Gasteiger charge is -1.97. The highest BCUT2D eigenvalue weighted by molar-refractivity contribution is 7.21. The van der Waals surface area contributed by atoms with Crippen LogP contribution in [0.3, 0.4) is 0 Å². The summed E-state index contributed by atoms with van der Waals surface area (Å²) in [5.74, 6) is 0.386. The van der Waals surface area contributed by atoms with Crippen LogP contribution in [0.25, 0.3) is 10.2 Å². The fourth-order valence-electron chi connectivity index (χ4n) is 1.86. The van der Waals surface area contributed by atoms with E-state index >= 15 is 0 Å². The van der Waals surface area contributed by atoms with E-state index < -0.39 is 0 Å². The summed E-state index contributed by atoms with van der Waals surface area (Å²) in [6.45, 7) is 0. The van der Waals surface area contributed by atoms with Crippen LogP contribution in [0.2, 0.25) is 0 Å². The van der Waals surface area contributed by atoms with Crippen LogP contribution in [0.1, 0.15) is 28.1 Å². The summed E-state index contributed by atoms with van der Waals surface area (Å²) in [6, 6.07) is 3.57. The zero-order valence-corrected chi connectivity index (χ0v) is 10.3. The number of rotatable bonds is 2. The van der Waals surface area contributed by atoms with Gasteiger partial charge in [-0.2, -0.15) is 5.26 Å². The topological polar surface area (TPSA) is 106 Å². The molecule has 0 bridgehead atoms. The van der Waals surface area contributed by atoms with Gasteiger partial charge in [0.1, 0.15) is 16.7 Å². The summed E-state index contributed by atoms with van der Waals surface area (Å²) in [6.07, 6.45) is 1.87. The smallest absolute Gasteiger partial charge is 0.178 e. The van der Waals surface area contributed by atoms with E-state index in [0.717, 1.165) is 12.8 Å². The molecule has 1 aliphatic rings. The van der Waals surface area contributed by atoms with Crippen LogP contribution in [0, 0.1) is 17.2 Å². The molecule has 2 aromatic rings. The largest absolute Gasteiger partial charge is 0.397 e. The maximum Gasteiger partial charge on any atom is 0.178 e. The molecular weight excluding hydrogens is 248 g/mol. The van der Waals surface area contributed by atoms with Gasteiger partial charge in [0.05, 0.1) is 16.1 Å². The van der Waals surface area contributed by atoms with E-state index in [-0.39, 0.29) is 23.1 Å². The molecule has 3 rings (SSSR count). The van der Waals surface area contributed by atoms with Crippen molar-refractivity contribution in [3.05, 3.63) is 16.5 Å². The van der Waals surface area contributed by atoms with E-state index in [9.17, 15) is 4.79 Å². The Morgan fingerprint density at radius 3 is 2.83 bits per heavy atom. The third-order valence-corrected chi connectivity index (χ3v) is 4.17.